The third kappa shape index (κ3) is 1.38. The molecule has 82 valence electrons. The van der Waals surface area contributed by atoms with Gasteiger partial charge in [-0.3, -0.25) is 4.79 Å². The molecule has 2 aromatic carbocycles. The lowest BCUT2D eigenvalue weighted by Gasteiger charge is -2.19. The van der Waals surface area contributed by atoms with Crippen molar-refractivity contribution in [1.29, 1.82) is 0 Å². The molecular formula is C15H11NO. The molecule has 17 heavy (non-hydrogen) atoms. The standard InChI is InChI=1S/C15H11NO/c1-11-15(17)13-9-5-6-10-14(13)16(11)12-7-3-2-4-8-12/h2-10H,1H2. The summed E-state index contributed by atoms with van der Waals surface area (Å²) in [5, 5.41) is 0. The quantitative estimate of drug-likeness (QED) is 0.686. The van der Waals surface area contributed by atoms with E-state index in [4.69, 9.17) is 0 Å². The molecule has 2 aromatic rings. The molecule has 0 amide bonds. The van der Waals surface area contributed by atoms with Crippen molar-refractivity contribution in [2.24, 2.45) is 0 Å². The highest BCUT2D eigenvalue weighted by Crippen LogP contribution is 2.39. The largest absolute Gasteiger partial charge is 0.307 e. The van der Waals surface area contributed by atoms with E-state index in [-0.39, 0.29) is 5.78 Å². The lowest BCUT2D eigenvalue weighted by atomic mass is 10.1. The third-order valence-electron chi connectivity index (χ3n) is 2.94. The number of nitrogens with zero attached hydrogens (tertiary/aromatic N) is 1. The minimum atomic E-state index is 0.00412. The van der Waals surface area contributed by atoms with Crippen molar-refractivity contribution in [2.75, 3.05) is 4.90 Å². The Balaban J connectivity index is 2.20. The summed E-state index contributed by atoms with van der Waals surface area (Å²) >= 11 is 0. The number of allylic oxidation sites excluding steroid dienone is 1. The van der Waals surface area contributed by atoms with Gasteiger partial charge >= 0.3 is 0 Å². The van der Waals surface area contributed by atoms with E-state index in [0.29, 0.717) is 5.70 Å². The van der Waals surface area contributed by atoms with E-state index in [2.05, 4.69) is 6.58 Å². The molecule has 0 bridgehead atoms. The zero-order valence-electron chi connectivity index (χ0n) is 9.26. The topological polar surface area (TPSA) is 20.3 Å². The first-order valence-electron chi connectivity index (χ1n) is 5.47. The molecule has 0 aliphatic carbocycles. The molecule has 2 heteroatoms. The lowest BCUT2D eigenvalue weighted by Crippen LogP contribution is -2.12. The van der Waals surface area contributed by atoms with Gasteiger partial charge in [0.25, 0.3) is 0 Å². The first kappa shape index (κ1) is 9.85. The summed E-state index contributed by atoms with van der Waals surface area (Å²) in [5.41, 5.74) is 3.11. The van der Waals surface area contributed by atoms with Crippen LogP contribution in [0.25, 0.3) is 0 Å². The minimum absolute atomic E-state index is 0.00412. The fourth-order valence-electron chi connectivity index (χ4n) is 2.14. The van der Waals surface area contributed by atoms with Crippen LogP contribution >= 0.6 is 0 Å². The molecule has 1 aliphatic rings. The third-order valence-corrected chi connectivity index (χ3v) is 2.94. The molecule has 1 heterocycles. The first-order valence-corrected chi connectivity index (χ1v) is 5.47. The van der Waals surface area contributed by atoms with Gasteiger partial charge in [0.05, 0.1) is 11.4 Å². The Kier molecular flexibility index (Phi) is 2.08. The summed E-state index contributed by atoms with van der Waals surface area (Å²) in [6, 6.07) is 17.4. The molecule has 0 unspecified atom stereocenters. The van der Waals surface area contributed by atoms with Gasteiger partial charge in [-0.2, -0.15) is 0 Å². The van der Waals surface area contributed by atoms with Crippen molar-refractivity contribution in [1.82, 2.24) is 0 Å². The highest BCUT2D eigenvalue weighted by atomic mass is 16.1. The normalized spacial score (nSPS) is 14.0. The van der Waals surface area contributed by atoms with Gasteiger partial charge in [-0.05, 0) is 24.3 Å². The molecule has 0 N–H and O–H groups in total. The van der Waals surface area contributed by atoms with Crippen LogP contribution in [0, 0.1) is 0 Å². The average molecular weight is 221 g/mol. The highest BCUT2D eigenvalue weighted by Gasteiger charge is 2.30. The molecule has 0 aromatic heterocycles. The van der Waals surface area contributed by atoms with E-state index in [9.17, 15) is 4.79 Å². The maximum absolute atomic E-state index is 12.0. The molecule has 0 saturated heterocycles. The van der Waals surface area contributed by atoms with Gasteiger partial charge in [-0.1, -0.05) is 36.9 Å². The van der Waals surface area contributed by atoms with Crippen molar-refractivity contribution in [3.63, 3.8) is 0 Å². The maximum Gasteiger partial charge on any atom is 0.211 e. The van der Waals surface area contributed by atoms with Crippen LogP contribution in [0.15, 0.2) is 66.9 Å². The summed E-state index contributed by atoms with van der Waals surface area (Å²) in [6.07, 6.45) is 0. The highest BCUT2D eigenvalue weighted by molar-refractivity contribution is 6.20. The second-order valence-corrected chi connectivity index (χ2v) is 3.96. The second kappa shape index (κ2) is 3.59. The van der Waals surface area contributed by atoms with E-state index < -0.39 is 0 Å². The molecule has 0 saturated carbocycles. The van der Waals surface area contributed by atoms with Crippen molar-refractivity contribution >= 4 is 17.2 Å². The smallest absolute Gasteiger partial charge is 0.211 e. The van der Waals surface area contributed by atoms with Gasteiger partial charge < -0.3 is 4.90 Å². The van der Waals surface area contributed by atoms with Gasteiger partial charge in [0.15, 0.2) is 0 Å². The molecule has 1 aliphatic heterocycles. The van der Waals surface area contributed by atoms with Crippen molar-refractivity contribution in [3.8, 4) is 0 Å². The number of hydrogen-bond donors (Lipinski definition) is 0. The van der Waals surface area contributed by atoms with Crippen LogP contribution in [0.3, 0.4) is 0 Å². The number of anilines is 2. The summed E-state index contributed by atoms with van der Waals surface area (Å²) in [5.74, 6) is 0.00412. The number of carbonyl (C=O) groups is 1. The van der Waals surface area contributed by atoms with E-state index >= 15 is 0 Å². The number of rotatable bonds is 1. The summed E-state index contributed by atoms with van der Waals surface area (Å²) in [6.45, 7) is 3.88. The van der Waals surface area contributed by atoms with E-state index in [1.165, 1.54) is 0 Å². The zero-order chi connectivity index (χ0) is 11.8. The fourth-order valence-corrected chi connectivity index (χ4v) is 2.14. The molecule has 3 rings (SSSR count). The summed E-state index contributed by atoms with van der Waals surface area (Å²) < 4.78 is 0. The van der Waals surface area contributed by atoms with Gasteiger partial charge in [0.2, 0.25) is 5.78 Å². The van der Waals surface area contributed by atoms with E-state index in [1.807, 2.05) is 59.5 Å². The Bertz CT molecular complexity index is 601. The van der Waals surface area contributed by atoms with Gasteiger partial charge in [-0.25, -0.2) is 0 Å². The Hall–Kier alpha value is -2.35. The molecule has 0 radical (unpaired) electrons. The maximum atomic E-state index is 12.0. The first-order chi connectivity index (χ1) is 8.29. The predicted molar refractivity (Wildman–Crippen MR) is 68.5 cm³/mol. The van der Waals surface area contributed by atoms with E-state index in [1.54, 1.807) is 0 Å². The second-order valence-electron chi connectivity index (χ2n) is 3.96. The molecule has 0 atom stereocenters. The average Bonchev–Trinajstić information content (AvgIpc) is 2.64. The van der Waals surface area contributed by atoms with Crippen LogP contribution in [0.2, 0.25) is 0 Å². The van der Waals surface area contributed by atoms with Gasteiger partial charge in [0.1, 0.15) is 0 Å². The van der Waals surface area contributed by atoms with E-state index in [0.717, 1.165) is 16.9 Å². The van der Waals surface area contributed by atoms with Crippen molar-refractivity contribution in [3.05, 3.63) is 72.4 Å². The van der Waals surface area contributed by atoms with Crippen LogP contribution in [-0.2, 0) is 0 Å². The number of benzene rings is 2. The van der Waals surface area contributed by atoms with Crippen LogP contribution < -0.4 is 4.90 Å². The van der Waals surface area contributed by atoms with Gasteiger partial charge in [-0.15, -0.1) is 0 Å². The van der Waals surface area contributed by atoms with Gasteiger partial charge in [0, 0.05) is 11.3 Å². The van der Waals surface area contributed by atoms with Crippen molar-refractivity contribution < 1.29 is 4.79 Å². The Labute approximate surface area is 99.8 Å². The van der Waals surface area contributed by atoms with Crippen LogP contribution in [-0.4, -0.2) is 5.78 Å². The number of Topliss-reactive ketones (excluding diaryl/α,β-unsaturated/α-hetero) is 1. The summed E-state index contributed by atoms with van der Waals surface area (Å²) in [4.78, 5) is 13.9. The molecule has 0 spiro atoms. The SMILES string of the molecule is C=C1C(=O)c2ccccc2N1c1ccccc1. The minimum Gasteiger partial charge on any atom is -0.307 e. The number of hydrogen-bond acceptors (Lipinski definition) is 2. The zero-order valence-corrected chi connectivity index (χ0v) is 9.26. The monoisotopic (exact) mass is 221 g/mol. The van der Waals surface area contributed by atoms with Crippen LogP contribution in [0.4, 0.5) is 11.4 Å². The van der Waals surface area contributed by atoms with Crippen LogP contribution in [0.1, 0.15) is 10.4 Å². The van der Waals surface area contributed by atoms with Crippen LogP contribution in [0.5, 0.6) is 0 Å². The predicted octanol–water partition coefficient (Wildman–Crippen LogP) is 3.53. The number of carbonyl (C=O) groups excluding carboxylic acids is 1. The molecule has 2 nitrogen and oxygen atoms in total. The number of fused-ring (bicyclic) bond motifs is 1. The fraction of sp³-hybridized carbons (Fsp3) is 0. The molecule has 0 fully saturated rings. The Morgan fingerprint density at radius 3 is 2.29 bits per heavy atom. The Morgan fingerprint density at radius 1 is 0.882 bits per heavy atom. The number of para-hydroxylation sites is 2. The lowest BCUT2D eigenvalue weighted by molar-refractivity contribution is 0.104. The Morgan fingerprint density at radius 2 is 1.53 bits per heavy atom. The van der Waals surface area contributed by atoms with Crippen molar-refractivity contribution in [2.45, 2.75) is 0 Å². The molecular weight excluding hydrogens is 210 g/mol. The number of ketones is 1. The summed E-state index contributed by atoms with van der Waals surface area (Å²) in [7, 11) is 0.